The van der Waals surface area contributed by atoms with Crippen LogP contribution < -0.4 is 11.5 Å². The van der Waals surface area contributed by atoms with Gasteiger partial charge in [-0.15, -0.1) is 24.8 Å². The number of nitrogens with zero attached hydrogens (tertiary/aromatic N) is 1. The number of aliphatic carboxylic acids is 2. The number of hydrogen-bond acceptors (Lipinski definition) is 7. The molecule has 22 heavy (non-hydrogen) atoms. The Bertz CT molecular complexity index is 344. The fraction of sp³-hybridized carbons (Fsp3) is 0.556. The molecule has 0 radical (unpaired) electrons. The van der Waals surface area contributed by atoms with Gasteiger partial charge in [0, 0.05) is 17.5 Å². The Morgan fingerprint density at radius 3 is 1.41 bits per heavy atom. The van der Waals surface area contributed by atoms with Gasteiger partial charge < -0.3 is 26.6 Å². The minimum atomic E-state index is -1.82. The average Bonchev–Trinajstić information content (AvgIpc) is 2.28. The molecule has 0 aliphatic heterocycles. The first kappa shape index (κ1) is 29.2. The van der Waals surface area contributed by atoms with Crippen LogP contribution in [-0.4, -0.2) is 69.0 Å². The number of rotatable bonds is 5. The summed E-state index contributed by atoms with van der Waals surface area (Å²) in [5, 5.41) is 29.2. The van der Waals surface area contributed by atoms with E-state index >= 15 is 0 Å². The van der Waals surface area contributed by atoms with Gasteiger partial charge in [0.15, 0.2) is 10.3 Å². The van der Waals surface area contributed by atoms with Crippen LogP contribution in [0.25, 0.3) is 0 Å². The van der Waals surface area contributed by atoms with E-state index in [1.807, 2.05) is 19.0 Å². The highest BCUT2D eigenvalue weighted by Gasteiger charge is 2.12. The highest BCUT2D eigenvalue weighted by molar-refractivity contribution is 8.14. The number of halogens is 2. The standard InChI is InChI=1S/C7H17N5S2.C2H2O4.2ClH/c1-12(2)5(3-13-6(8)9)4-14-7(10)11;3-1(4)2(5)6;;/h5H,3-4H2,1-2H3,(H3,8,9)(H3,10,11);(H,3,4)(H,5,6);2*1H. The smallest absolute Gasteiger partial charge is 0.414 e. The van der Waals surface area contributed by atoms with Gasteiger partial charge >= 0.3 is 11.9 Å². The topological polar surface area (TPSA) is 178 Å². The number of hydrogen-bond donors (Lipinski definition) is 6. The number of carbonyl (C=O) groups is 2. The van der Waals surface area contributed by atoms with Gasteiger partial charge in [0.05, 0.1) is 0 Å². The predicted octanol–water partition coefficient (Wildman–Crippen LogP) is 0.169. The monoisotopic (exact) mass is 397 g/mol. The lowest BCUT2D eigenvalue weighted by Crippen LogP contribution is -2.34. The molecule has 0 spiro atoms. The molecule has 0 bridgehead atoms. The second kappa shape index (κ2) is 16.5. The van der Waals surface area contributed by atoms with Gasteiger partial charge in [-0.2, -0.15) is 0 Å². The van der Waals surface area contributed by atoms with Gasteiger partial charge in [-0.05, 0) is 14.1 Å². The largest absolute Gasteiger partial charge is 0.473 e. The van der Waals surface area contributed by atoms with Gasteiger partial charge in [-0.3, -0.25) is 10.8 Å². The highest BCUT2D eigenvalue weighted by Crippen LogP contribution is 2.11. The number of carboxylic acid groups (broad SMARTS) is 2. The van der Waals surface area contributed by atoms with Crippen LogP contribution in [0, 0.1) is 10.8 Å². The molecule has 0 fully saturated rings. The lowest BCUT2D eigenvalue weighted by atomic mass is 10.4. The van der Waals surface area contributed by atoms with E-state index in [0.29, 0.717) is 0 Å². The van der Waals surface area contributed by atoms with Crippen LogP contribution >= 0.6 is 48.3 Å². The Kier molecular flexibility index (Phi) is 21.9. The first-order chi connectivity index (χ1) is 9.07. The molecule has 0 aromatic carbocycles. The molecule has 0 saturated carbocycles. The third-order valence-electron chi connectivity index (χ3n) is 1.78. The number of amidine groups is 2. The maximum absolute atomic E-state index is 9.10. The van der Waals surface area contributed by atoms with Crippen molar-refractivity contribution in [3.05, 3.63) is 0 Å². The van der Waals surface area contributed by atoms with E-state index in [2.05, 4.69) is 0 Å². The average molecular weight is 398 g/mol. The molecule has 0 aromatic rings. The summed E-state index contributed by atoms with van der Waals surface area (Å²) < 4.78 is 0. The fourth-order valence-corrected chi connectivity index (χ4v) is 2.44. The quantitative estimate of drug-likeness (QED) is 0.214. The van der Waals surface area contributed by atoms with Crippen molar-refractivity contribution in [1.29, 1.82) is 10.8 Å². The number of carboxylic acids is 2. The Hall–Kier alpha value is -0.880. The van der Waals surface area contributed by atoms with Gasteiger partial charge in [-0.25, -0.2) is 9.59 Å². The molecule has 0 rings (SSSR count). The van der Waals surface area contributed by atoms with Crippen LogP contribution in [0.1, 0.15) is 0 Å². The second-order valence-electron chi connectivity index (χ2n) is 3.58. The first-order valence-electron chi connectivity index (χ1n) is 5.14. The molecule has 9 nitrogen and oxygen atoms in total. The van der Waals surface area contributed by atoms with Gasteiger partial charge in [-0.1, -0.05) is 23.5 Å². The lowest BCUT2D eigenvalue weighted by molar-refractivity contribution is -0.159. The van der Waals surface area contributed by atoms with Crippen LogP contribution in [0.4, 0.5) is 0 Å². The first-order valence-corrected chi connectivity index (χ1v) is 7.11. The molecule has 0 aromatic heterocycles. The van der Waals surface area contributed by atoms with Gasteiger partial charge in [0.1, 0.15) is 0 Å². The Morgan fingerprint density at radius 2 is 1.27 bits per heavy atom. The molecule has 0 amide bonds. The maximum Gasteiger partial charge on any atom is 0.414 e. The van der Waals surface area contributed by atoms with E-state index < -0.39 is 11.9 Å². The number of nitrogens with one attached hydrogen (secondary N) is 2. The van der Waals surface area contributed by atoms with Crippen LogP contribution in [0.15, 0.2) is 0 Å². The van der Waals surface area contributed by atoms with Crippen molar-refractivity contribution in [3.63, 3.8) is 0 Å². The lowest BCUT2D eigenvalue weighted by Gasteiger charge is -2.22. The highest BCUT2D eigenvalue weighted by atomic mass is 35.5. The molecule has 0 aliphatic rings. The van der Waals surface area contributed by atoms with Crippen molar-refractivity contribution in [2.75, 3.05) is 25.6 Å². The molecule has 0 atom stereocenters. The molecular weight excluding hydrogens is 377 g/mol. The van der Waals surface area contributed by atoms with Crippen LogP contribution in [0.2, 0.25) is 0 Å². The molecule has 0 heterocycles. The summed E-state index contributed by atoms with van der Waals surface area (Å²) in [5.74, 6) is -2.14. The molecule has 0 unspecified atom stereocenters. The van der Waals surface area contributed by atoms with Gasteiger partial charge in [0.2, 0.25) is 0 Å². The number of thioether (sulfide) groups is 2. The Labute approximate surface area is 149 Å². The molecular formula is C9H21Cl2N5O4S2. The van der Waals surface area contributed by atoms with E-state index in [1.54, 1.807) is 0 Å². The fourth-order valence-electron chi connectivity index (χ4n) is 0.718. The zero-order valence-electron chi connectivity index (χ0n) is 11.9. The summed E-state index contributed by atoms with van der Waals surface area (Å²) in [6.45, 7) is 0. The summed E-state index contributed by atoms with van der Waals surface area (Å²) >= 11 is 2.63. The van der Waals surface area contributed by atoms with E-state index in [1.165, 1.54) is 23.5 Å². The van der Waals surface area contributed by atoms with E-state index in [0.717, 1.165) is 11.5 Å². The summed E-state index contributed by atoms with van der Waals surface area (Å²) in [4.78, 5) is 20.2. The van der Waals surface area contributed by atoms with Crippen molar-refractivity contribution < 1.29 is 19.8 Å². The van der Waals surface area contributed by atoms with E-state index in [4.69, 9.17) is 42.1 Å². The van der Waals surface area contributed by atoms with Crippen molar-refractivity contribution >= 4 is 70.6 Å². The normalized spacial score (nSPS) is 10.1. The Balaban J connectivity index is -0.000000174. The Morgan fingerprint density at radius 1 is 1.00 bits per heavy atom. The van der Waals surface area contributed by atoms with Crippen LogP contribution in [0.5, 0.6) is 0 Å². The summed E-state index contributed by atoms with van der Waals surface area (Å²) in [7, 11) is 3.93. The van der Waals surface area contributed by atoms with Crippen molar-refractivity contribution in [1.82, 2.24) is 4.90 Å². The molecule has 0 saturated heterocycles. The van der Waals surface area contributed by atoms with Crippen molar-refractivity contribution in [2.45, 2.75) is 6.04 Å². The maximum atomic E-state index is 9.10. The summed E-state index contributed by atoms with van der Waals surface area (Å²) in [5.41, 5.74) is 10.5. The van der Waals surface area contributed by atoms with Crippen molar-refractivity contribution in [3.8, 4) is 0 Å². The van der Waals surface area contributed by atoms with Gasteiger partial charge in [0.25, 0.3) is 0 Å². The molecule has 13 heteroatoms. The van der Waals surface area contributed by atoms with Crippen molar-refractivity contribution in [2.24, 2.45) is 11.5 Å². The van der Waals surface area contributed by atoms with Crippen LogP contribution in [0.3, 0.4) is 0 Å². The zero-order chi connectivity index (χ0) is 16.3. The van der Waals surface area contributed by atoms with E-state index in [-0.39, 0.29) is 41.2 Å². The van der Waals surface area contributed by atoms with E-state index in [9.17, 15) is 0 Å². The molecule has 132 valence electrons. The zero-order valence-corrected chi connectivity index (χ0v) is 15.2. The second-order valence-corrected chi connectivity index (χ2v) is 5.70. The third-order valence-corrected chi connectivity index (χ3v) is 3.50. The van der Waals surface area contributed by atoms with Crippen LogP contribution in [-0.2, 0) is 9.59 Å². The number of nitrogens with two attached hydrogens (primary N) is 2. The summed E-state index contributed by atoms with van der Waals surface area (Å²) in [6.07, 6.45) is 0. The SMILES string of the molecule is CN(C)C(CSC(=N)N)CSC(=N)N.Cl.Cl.O=C(O)C(=O)O. The minimum absolute atomic E-state index is 0. The summed E-state index contributed by atoms with van der Waals surface area (Å²) in [6, 6.07) is 0.276. The minimum Gasteiger partial charge on any atom is -0.473 e. The predicted molar refractivity (Wildman–Crippen MR) is 96.0 cm³/mol. The molecule has 0 aliphatic carbocycles. The third kappa shape index (κ3) is 21.4. The molecule has 8 N–H and O–H groups in total.